The summed E-state index contributed by atoms with van der Waals surface area (Å²) in [7, 11) is 0. The van der Waals surface area contributed by atoms with E-state index >= 15 is 0 Å². The van der Waals surface area contributed by atoms with Gasteiger partial charge in [-0.25, -0.2) is 0 Å². The van der Waals surface area contributed by atoms with Gasteiger partial charge in [-0.05, 0) is 19.5 Å². The molecule has 0 atom stereocenters. The molecule has 0 bridgehead atoms. The lowest BCUT2D eigenvalue weighted by atomic mass is 9.97. The van der Waals surface area contributed by atoms with Crippen molar-refractivity contribution < 1.29 is 0 Å². The molecule has 122 valence electrons. The normalized spacial score (nSPS) is 37.2. The van der Waals surface area contributed by atoms with E-state index in [4.69, 9.17) is 81.1 Å². The van der Waals surface area contributed by atoms with Crippen LogP contribution < -0.4 is 16.8 Å². The fourth-order valence-electron chi connectivity index (χ4n) is 1.51. The highest BCUT2D eigenvalue weighted by Crippen LogP contribution is 2.39. The van der Waals surface area contributed by atoms with E-state index in [1.165, 1.54) is 0 Å². The van der Waals surface area contributed by atoms with Gasteiger partial charge in [0.2, 0.25) is 0 Å². The Kier molecular flexibility index (Phi) is 13.1. The molecule has 9 heteroatoms. The maximum absolute atomic E-state index is 5.88. The first-order valence-electron chi connectivity index (χ1n) is 6.33. The van der Waals surface area contributed by atoms with E-state index in [0.29, 0.717) is 6.54 Å². The number of alkyl halides is 6. The van der Waals surface area contributed by atoms with Gasteiger partial charge in [-0.15, -0.1) is 69.6 Å². The SMILES string of the molecule is Cl[C@H]1[C@H](Cl)[C@@H](Cl)[C@@H](Cl)[C@H](Cl)[C@H]1Cl.NCCCNCCN. The van der Waals surface area contributed by atoms with E-state index in [9.17, 15) is 0 Å². The molecular weight excluding hydrogens is 387 g/mol. The molecule has 5 N–H and O–H groups in total. The van der Waals surface area contributed by atoms with Crippen molar-refractivity contribution in [1.82, 2.24) is 5.32 Å². The summed E-state index contributed by atoms with van der Waals surface area (Å²) in [5.41, 5.74) is 10.5. The second kappa shape index (κ2) is 12.1. The van der Waals surface area contributed by atoms with Crippen LogP contribution in [0.4, 0.5) is 0 Å². The molecule has 1 rings (SSSR count). The van der Waals surface area contributed by atoms with Crippen LogP contribution in [0.15, 0.2) is 0 Å². The van der Waals surface area contributed by atoms with Crippen LogP contribution >= 0.6 is 69.6 Å². The second-order valence-electron chi connectivity index (χ2n) is 4.35. The Bertz CT molecular complexity index is 184. The van der Waals surface area contributed by atoms with Crippen LogP contribution in [0.1, 0.15) is 6.42 Å². The maximum atomic E-state index is 5.88. The van der Waals surface area contributed by atoms with Crippen molar-refractivity contribution >= 4 is 69.6 Å². The first-order valence-corrected chi connectivity index (χ1v) is 8.95. The lowest BCUT2D eigenvalue weighted by molar-refractivity contribution is 0.544. The summed E-state index contributed by atoms with van der Waals surface area (Å²) >= 11 is 35.3. The summed E-state index contributed by atoms with van der Waals surface area (Å²) in [5.74, 6) is 0. The zero-order chi connectivity index (χ0) is 15.7. The number of nitrogens with one attached hydrogen (secondary N) is 1. The molecule has 0 aromatic heterocycles. The molecule has 20 heavy (non-hydrogen) atoms. The zero-order valence-corrected chi connectivity index (χ0v) is 15.5. The minimum Gasteiger partial charge on any atom is -0.330 e. The quantitative estimate of drug-likeness (QED) is 0.484. The summed E-state index contributed by atoms with van der Waals surface area (Å²) < 4.78 is 0. The lowest BCUT2D eigenvalue weighted by Crippen LogP contribution is -2.52. The lowest BCUT2D eigenvalue weighted by Gasteiger charge is -2.37. The molecule has 1 saturated carbocycles. The molecule has 3 nitrogen and oxygen atoms in total. The average molecular weight is 408 g/mol. The van der Waals surface area contributed by atoms with Crippen molar-refractivity contribution in [1.29, 1.82) is 0 Å². The number of nitrogens with two attached hydrogens (primary N) is 2. The topological polar surface area (TPSA) is 64.1 Å². The maximum Gasteiger partial charge on any atom is 0.0693 e. The minimum absolute atomic E-state index is 0.437. The number of hydrogen-bond acceptors (Lipinski definition) is 3. The summed E-state index contributed by atoms with van der Waals surface area (Å²) in [6.45, 7) is 3.37. The molecule has 0 aromatic carbocycles. The van der Waals surface area contributed by atoms with Gasteiger partial charge in [-0.3, -0.25) is 0 Å². The summed E-state index contributed by atoms with van der Waals surface area (Å²) in [6, 6.07) is 0. The van der Waals surface area contributed by atoms with E-state index in [0.717, 1.165) is 26.1 Å². The van der Waals surface area contributed by atoms with Crippen LogP contribution in [-0.2, 0) is 0 Å². The number of hydrogen-bond donors (Lipinski definition) is 3. The van der Waals surface area contributed by atoms with Crippen LogP contribution in [0.5, 0.6) is 0 Å². The van der Waals surface area contributed by atoms with Crippen LogP contribution in [0.2, 0.25) is 0 Å². The molecule has 0 amide bonds. The third-order valence-electron chi connectivity index (χ3n) is 2.70. The van der Waals surface area contributed by atoms with Gasteiger partial charge < -0.3 is 16.8 Å². The molecule has 0 radical (unpaired) electrons. The van der Waals surface area contributed by atoms with E-state index in [1.807, 2.05) is 0 Å². The summed E-state index contributed by atoms with van der Waals surface area (Å²) in [4.78, 5) is 0. The minimum atomic E-state index is -0.437. The predicted molar refractivity (Wildman–Crippen MR) is 93.4 cm³/mol. The van der Waals surface area contributed by atoms with Gasteiger partial charge in [0.15, 0.2) is 0 Å². The summed E-state index contributed by atoms with van der Waals surface area (Å²) in [5, 5.41) is 0.511. The molecule has 0 unspecified atom stereocenters. The fraction of sp³-hybridized carbons (Fsp3) is 1.00. The second-order valence-corrected chi connectivity index (χ2v) is 7.37. The van der Waals surface area contributed by atoms with E-state index in [1.54, 1.807) is 0 Å². The molecule has 0 aliphatic heterocycles. The van der Waals surface area contributed by atoms with Crippen LogP contribution in [0.25, 0.3) is 0 Å². The standard InChI is InChI=1S/C6H6Cl6.C5H15N3/c7-1-2(8)4(10)6(12)5(11)3(1)9;6-2-1-4-8-5-3-7/h1-6H;8H,1-7H2/t1-,2-,3-,4+,5+,6+;. The van der Waals surface area contributed by atoms with Crippen LogP contribution in [-0.4, -0.2) is 58.4 Å². The van der Waals surface area contributed by atoms with Crippen molar-refractivity contribution in [2.75, 3.05) is 26.2 Å². The molecule has 1 aliphatic carbocycles. The number of rotatable bonds is 5. The Hall–Kier alpha value is 1.62. The molecule has 1 fully saturated rings. The first-order chi connectivity index (χ1) is 9.38. The van der Waals surface area contributed by atoms with Crippen molar-refractivity contribution in [2.45, 2.75) is 38.7 Å². The van der Waals surface area contributed by atoms with E-state index < -0.39 is 32.3 Å². The Morgan fingerprint density at radius 2 is 0.950 bits per heavy atom. The smallest absolute Gasteiger partial charge is 0.0693 e. The first kappa shape index (κ1) is 21.6. The van der Waals surface area contributed by atoms with Gasteiger partial charge in [0, 0.05) is 13.1 Å². The highest BCUT2D eigenvalue weighted by atomic mass is 35.5. The number of halogens is 6. The highest BCUT2D eigenvalue weighted by Gasteiger charge is 2.46. The molecule has 0 aromatic rings. The van der Waals surface area contributed by atoms with Crippen LogP contribution in [0.3, 0.4) is 0 Å². The van der Waals surface area contributed by atoms with Gasteiger partial charge in [0.05, 0.1) is 32.3 Å². The Morgan fingerprint density at radius 3 is 1.20 bits per heavy atom. The van der Waals surface area contributed by atoms with Gasteiger partial charge in [-0.2, -0.15) is 0 Å². The van der Waals surface area contributed by atoms with Crippen molar-refractivity contribution in [2.24, 2.45) is 11.5 Å². The Morgan fingerprint density at radius 1 is 0.600 bits per heavy atom. The van der Waals surface area contributed by atoms with Crippen molar-refractivity contribution in [3.8, 4) is 0 Å². The zero-order valence-electron chi connectivity index (χ0n) is 10.9. The molecule has 0 saturated heterocycles. The van der Waals surface area contributed by atoms with E-state index in [-0.39, 0.29) is 0 Å². The predicted octanol–water partition coefficient (Wildman–Crippen LogP) is 2.53. The average Bonchev–Trinajstić information content (AvgIpc) is 2.46. The third kappa shape index (κ3) is 7.26. The molecule has 0 spiro atoms. The van der Waals surface area contributed by atoms with Crippen molar-refractivity contribution in [3.63, 3.8) is 0 Å². The van der Waals surface area contributed by atoms with Gasteiger partial charge >= 0.3 is 0 Å². The molecular formula is C11H21Cl6N3. The Balaban J connectivity index is 0.000000396. The molecule has 0 heterocycles. The summed E-state index contributed by atoms with van der Waals surface area (Å²) in [6.07, 6.45) is 1.04. The Labute approximate surface area is 150 Å². The van der Waals surface area contributed by atoms with Gasteiger partial charge in [0.25, 0.3) is 0 Å². The monoisotopic (exact) mass is 405 g/mol. The third-order valence-corrected chi connectivity index (χ3v) is 6.74. The fourth-order valence-corrected chi connectivity index (χ4v) is 3.84. The highest BCUT2D eigenvalue weighted by molar-refractivity contribution is 6.45. The van der Waals surface area contributed by atoms with Gasteiger partial charge in [-0.1, -0.05) is 0 Å². The molecule has 1 aliphatic rings. The van der Waals surface area contributed by atoms with Crippen LogP contribution in [0, 0.1) is 0 Å². The van der Waals surface area contributed by atoms with Crippen molar-refractivity contribution in [3.05, 3.63) is 0 Å². The van der Waals surface area contributed by atoms with Gasteiger partial charge in [0.1, 0.15) is 0 Å². The van der Waals surface area contributed by atoms with E-state index in [2.05, 4.69) is 5.32 Å². The largest absolute Gasteiger partial charge is 0.330 e.